The van der Waals surface area contributed by atoms with E-state index in [0.29, 0.717) is 18.4 Å². The zero-order chi connectivity index (χ0) is 17.3. The quantitative estimate of drug-likeness (QED) is 0.598. The Morgan fingerprint density at radius 2 is 1.74 bits per heavy atom. The first-order valence-electron chi connectivity index (χ1n) is 6.06. The number of aldehydes is 1. The molecule has 1 aromatic heterocycles. The second-order valence-corrected chi connectivity index (χ2v) is 4.43. The van der Waals surface area contributed by atoms with Crippen LogP contribution in [-0.2, 0) is 6.18 Å². The molecule has 0 N–H and O–H groups in total. The fourth-order valence-corrected chi connectivity index (χ4v) is 1.75. The van der Waals surface area contributed by atoms with Crippen LogP contribution < -0.4 is 4.74 Å². The minimum absolute atomic E-state index is 0.181. The fraction of sp³-hybridized carbons (Fsp3) is 0.214. The van der Waals surface area contributed by atoms with E-state index in [-0.39, 0.29) is 17.1 Å². The molecule has 0 atom stereocenters. The van der Waals surface area contributed by atoms with Crippen LogP contribution in [0.2, 0.25) is 0 Å². The molecule has 23 heavy (non-hydrogen) atoms. The SMILES string of the molecule is O=Cc1ccc(-c2cc(C(F)(F)F)ccc2OCC(F)(F)F)o1. The molecule has 0 fully saturated rings. The minimum Gasteiger partial charge on any atom is -0.483 e. The summed E-state index contributed by atoms with van der Waals surface area (Å²) in [6, 6.07) is 4.31. The van der Waals surface area contributed by atoms with Gasteiger partial charge in [0.25, 0.3) is 0 Å². The Morgan fingerprint density at radius 1 is 1.04 bits per heavy atom. The molecule has 0 aliphatic heterocycles. The number of benzene rings is 1. The van der Waals surface area contributed by atoms with Crippen LogP contribution in [-0.4, -0.2) is 19.1 Å². The minimum atomic E-state index is -4.70. The van der Waals surface area contributed by atoms with Gasteiger partial charge in [0.15, 0.2) is 18.7 Å². The van der Waals surface area contributed by atoms with E-state index in [1.165, 1.54) is 12.1 Å². The number of furan rings is 1. The molecule has 0 aliphatic rings. The monoisotopic (exact) mass is 338 g/mol. The molecule has 0 unspecified atom stereocenters. The van der Waals surface area contributed by atoms with E-state index in [0.717, 1.165) is 6.07 Å². The highest BCUT2D eigenvalue weighted by molar-refractivity contribution is 5.74. The van der Waals surface area contributed by atoms with Crippen molar-refractivity contribution >= 4 is 6.29 Å². The van der Waals surface area contributed by atoms with E-state index in [9.17, 15) is 31.1 Å². The fourth-order valence-electron chi connectivity index (χ4n) is 1.75. The van der Waals surface area contributed by atoms with Crippen molar-refractivity contribution in [1.29, 1.82) is 0 Å². The highest BCUT2D eigenvalue weighted by Gasteiger charge is 2.33. The van der Waals surface area contributed by atoms with Crippen molar-refractivity contribution in [1.82, 2.24) is 0 Å². The van der Waals surface area contributed by atoms with Gasteiger partial charge in [0, 0.05) is 0 Å². The van der Waals surface area contributed by atoms with E-state index in [1.54, 1.807) is 0 Å². The van der Waals surface area contributed by atoms with Crippen LogP contribution in [0, 0.1) is 0 Å². The first-order chi connectivity index (χ1) is 10.6. The summed E-state index contributed by atoms with van der Waals surface area (Å²) in [6.45, 7) is -1.67. The van der Waals surface area contributed by atoms with Gasteiger partial charge in [0.2, 0.25) is 0 Å². The van der Waals surface area contributed by atoms with Crippen LogP contribution in [0.25, 0.3) is 11.3 Å². The number of halogens is 6. The summed E-state index contributed by atoms with van der Waals surface area (Å²) in [5.74, 6) is -0.836. The second kappa shape index (κ2) is 5.98. The highest BCUT2D eigenvalue weighted by atomic mass is 19.4. The molecule has 0 saturated heterocycles. The first kappa shape index (κ1) is 16.9. The number of ether oxygens (including phenoxy) is 1. The molecule has 0 radical (unpaired) electrons. The molecule has 9 heteroatoms. The zero-order valence-electron chi connectivity index (χ0n) is 11.2. The summed E-state index contributed by atoms with van der Waals surface area (Å²) in [4.78, 5) is 10.6. The van der Waals surface area contributed by atoms with Crippen molar-refractivity contribution in [3.63, 3.8) is 0 Å². The predicted octanol–water partition coefficient (Wildman–Crippen LogP) is 4.72. The van der Waals surface area contributed by atoms with Crippen LogP contribution in [0.1, 0.15) is 16.1 Å². The maximum absolute atomic E-state index is 12.8. The molecule has 0 aliphatic carbocycles. The predicted molar refractivity (Wildman–Crippen MR) is 66.1 cm³/mol. The third-order valence-electron chi connectivity index (χ3n) is 2.71. The molecule has 2 aromatic rings. The highest BCUT2D eigenvalue weighted by Crippen LogP contribution is 2.38. The molecule has 1 aromatic carbocycles. The van der Waals surface area contributed by atoms with Crippen LogP contribution >= 0.6 is 0 Å². The number of alkyl halides is 6. The summed E-state index contributed by atoms with van der Waals surface area (Å²) in [7, 11) is 0. The molecular weight excluding hydrogens is 330 g/mol. The van der Waals surface area contributed by atoms with Gasteiger partial charge in [-0.1, -0.05) is 0 Å². The summed E-state index contributed by atoms with van der Waals surface area (Å²) >= 11 is 0. The molecule has 124 valence electrons. The lowest BCUT2D eigenvalue weighted by Crippen LogP contribution is -2.19. The molecule has 0 amide bonds. The second-order valence-electron chi connectivity index (χ2n) is 4.43. The molecule has 0 saturated carbocycles. The van der Waals surface area contributed by atoms with Gasteiger partial charge < -0.3 is 9.15 Å². The Kier molecular flexibility index (Phi) is 4.39. The Labute approximate surface area is 125 Å². The van der Waals surface area contributed by atoms with Crippen molar-refractivity contribution in [3.05, 3.63) is 41.7 Å². The van der Waals surface area contributed by atoms with Gasteiger partial charge >= 0.3 is 12.4 Å². The number of hydrogen-bond donors (Lipinski definition) is 0. The van der Waals surface area contributed by atoms with Gasteiger partial charge in [0.05, 0.1) is 11.1 Å². The first-order valence-corrected chi connectivity index (χ1v) is 6.06. The summed E-state index contributed by atoms with van der Waals surface area (Å²) in [5.41, 5.74) is -1.42. The van der Waals surface area contributed by atoms with Crippen molar-refractivity contribution in [3.8, 4) is 17.1 Å². The third-order valence-corrected chi connectivity index (χ3v) is 2.71. The Hall–Kier alpha value is -2.45. The Morgan fingerprint density at radius 3 is 2.26 bits per heavy atom. The standard InChI is InChI=1S/C14H8F6O3/c15-13(16,17)7-22-11-3-1-8(14(18,19)20)5-10(11)12-4-2-9(6-21)23-12/h1-6H,7H2. The van der Waals surface area contributed by atoms with Gasteiger partial charge in [-0.05, 0) is 30.3 Å². The number of hydrogen-bond acceptors (Lipinski definition) is 3. The molecule has 1 heterocycles. The van der Waals surface area contributed by atoms with Crippen molar-refractivity contribution in [2.24, 2.45) is 0 Å². The van der Waals surface area contributed by atoms with Crippen molar-refractivity contribution in [2.45, 2.75) is 12.4 Å². The average molecular weight is 338 g/mol. The normalized spacial score (nSPS) is 12.3. The lowest BCUT2D eigenvalue weighted by molar-refractivity contribution is -0.153. The Bertz CT molecular complexity index is 699. The van der Waals surface area contributed by atoms with Gasteiger partial charge in [-0.3, -0.25) is 4.79 Å². The van der Waals surface area contributed by atoms with Gasteiger partial charge in [0.1, 0.15) is 11.5 Å². The van der Waals surface area contributed by atoms with Crippen LogP contribution in [0.5, 0.6) is 5.75 Å². The van der Waals surface area contributed by atoms with E-state index >= 15 is 0 Å². The van der Waals surface area contributed by atoms with E-state index in [4.69, 9.17) is 4.42 Å². The molecule has 2 rings (SSSR count). The van der Waals surface area contributed by atoms with E-state index in [1.807, 2.05) is 0 Å². The maximum atomic E-state index is 12.8. The maximum Gasteiger partial charge on any atom is 0.422 e. The number of carbonyl (C=O) groups excluding carboxylic acids is 1. The van der Waals surface area contributed by atoms with Crippen LogP contribution in [0.3, 0.4) is 0 Å². The van der Waals surface area contributed by atoms with Gasteiger partial charge in [-0.2, -0.15) is 26.3 Å². The molecule has 3 nitrogen and oxygen atoms in total. The van der Waals surface area contributed by atoms with Crippen molar-refractivity contribution in [2.75, 3.05) is 6.61 Å². The largest absolute Gasteiger partial charge is 0.483 e. The average Bonchev–Trinajstić information content (AvgIpc) is 2.92. The lowest BCUT2D eigenvalue weighted by atomic mass is 10.1. The van der Waals surface area contributed by atoms with Crippen LogP contribution in [0.4, 0.5) is 26.3 Å². The van der Waals surface area contributed by atoms with E-state index < -0.39 is 30.3 Å². The summed E-state index contributed by atoms with van der Waals surface area (Å²) in [5, 5.41) is 0. The molecule has 0 spiro atoms. The number of rotatable bonds is 4. The smallest absolute Gasteiger partial charge is 0.422 e. The van der Waals surface area contributed by atoms with Crippen LogP contribution in [0.15, 0.2) is 34.7 Å². The van der Waals surface area contributed by atoms with Gasteiger partial charge in [-0.15, -0.1) is 0 Å². The summed E-state index contributed by atoms with van der Waals surface area (Å²) < 4.78 is 84.4. The Balaban J connectivity index is 2.46. The number of carbonyl (C=O) groups is 1. The lowest BCUT2D eigenvalue weighted by Gasteiger charge is -2.14. The van der Waals surface area contributed by atoms with Gasteiger partial charge in [-0.25, -0.2) is 0 Å². The zero-order valence-corrected chi connectivity index (χ0v) is 11.2. The molecular formula is C14H8F6O3. The molecule has 0 bridgehead atoms. The topological polar surface area (TPSA) is 39.4 Å². The third kappa shape index (κ3) is 4.27. The van der Waals surface area contributed by atoms with E-state index in [2.05, 4.69) is 4.74 Å². The summed E-state index contributed by atoms with van der Waals surface area (Å²) in [6.07, 6.45) is -9.04. The van der Waals surface area contributed by atoms with Crippen molar-refractivity contribution < 1.29 is 40.3 Å².